The highest BCUT2D eigenvalue weighted by molar-refractivity contribution is 5.72. The number of quaternary nitrogens is 1. The average molecular weight is 703 g/mol. The van der Waals surface area contributed by atoms with Crippen molar-refractivity contribution in [2.24, 2.45) is 0 Å². The van der Waals surface area contributed by atoms with Crippen molar-refractivity contribution in [3.63, 3.8) is 0 Å². The number of esters is 2. The number of nitrogens with zero attached hydrogens (tertiary/aromatic N) is 1. The molecule has 0 radical (unpaired) electrons. The van der Waals surface area contributed by atoms with Crippen molar-refractivity contribution in [2.45, 2.75) is 123 Å². The maximum Gasteiger partial charge on any atom is 0.361 e. The number of rotatable bonds is 32. The van der Waals surface area contributed by atoms with Crippen LogP contribution in [0.25, 0.3) is 0 Å². The van der Waals surface area contributed by atoms with Gasteiger partial charge < -0.3 is 28.5 Å². The minimum absolute atomic E-state index is 0.0225. The fourth-order valence-electron chi connectivity index (χ4n) is 4.32. The number of likely N-dealkylation sites (N-methyl/N-ethyl adjacent to an activating group) is 1. The predicted octanol–water partition coefficient (Wildman–Crippen LogP) is 8.82. The van der Waals surface area contributed by atoms with Crippen LogP contribution >= 0.6 is 0 Å². The number of unbranched alkanes of at least 4 members (excludes halogenated alkanes) is 6. The molecule has 0 aliphatic rings. The normalized spacial score (nSPS) is 13.9. The lowest BCUT2D eigenvalue weighted by atomic mass is 10.1. The SMILES string of the molecule is CC/C=C\C/C=C\C/C=C\C/C=C\C/C=C\CC(=O)OC(COC(=O)CCCCCCC/C=C\CCC)COC(OCC[N+](C)(C)C)C(=O)O. The number of hydrogen-bond donors (Lipinski definition) is 1. The highest BCUT2D eigenvalue weighted by Gasteiger charge is 2.24. The van der Waals surface area contributed by atoms with E-state index in [9.17, 15) is 19.5 Å². The number of allylic oxidation sites excluding steroid dienone is 11. The zero-order valence-corrected chi connectivity index (χ0v) is 31.8. The first-order valence-electron chi connectivity index (χ1n) is 18.6. The molecule has 9 nitrogen and oxygen atoms in total. The van der Waals surface area contributed by atoms with Gasteiger partial charge in [-0.3, -0.25) is 9.59 Å². The zero-order chi connectivity index (χ0) is 37.1. The molecule has 1 N–H and O–H groups in total. The quantitative estimate of drug-likeness (QED) is 0.0244. The maximum absolute atomic E-state index is 12.6. The molecule has 0 bridgehead atoms. The number of hydrogen-bond acceptors (Lipinski definition) is 7. The number of carboxylic acid groups (broad SMARTS) is 1. The number of ether oxygens (including phenoxy) is 4. The Balaban J connectivity index is 4.74. The van der Waals surface area contributed by atoms with Gasteiger partial charge >= 0.3 is 17.9 Å². The van der Waals surface area contributed by atoms with Gasteiger partial charge in [0.05, 0.1) is 40.8 Å². The molecule has 9 heteroatoms. The summed E-state index contributed by atoms with van der Waals surface area (Å²) in [4.78, 5) is 36.7. The summed E-state index contributed by atoms with van der Waals surface area (Å²) in [5.74, 6) is -2.21. The second-order valence-electron chi connectivity index (χ2n) is 13.2. The van der Waals surface area contributed by atoms with Crippen molar-refractivity contribution in [1.82, 2.24) is 0 Å². The van der Waals surface area contributed by atoms with Crippen LogP contribution in [-0.4, -0.2) is 87.4 Å². The maximum atomic E-state index is 12.6. The zero-order valence-electron chi connectivity index (χ0n) is 31.8. The second-order valence-corrected chi connectivity index (χ2v) is 13.2. The lowest BCUT2D eigenvalue weighted by molar-refractivity contribution is -0.870. The van der Waals surface area contributed by atoms with E-state index in [0.717, 1.165) is 70.6 Å². The van der Waals surface area contributed by atoms with Crippen molar-refractivity contribution in [1.29, 1.82) is 0 Å². The minimum Gasteiger partial charge on any atom is -0.477 e. The van der Waals surface area contributed by atoms with Crippen molar-refractivity contribution < 1.29 is 42.9 Å². The molecule has 2 atom stereocenters. The van der Waals surface area contributed by atoms with Gasteiger partial charge in [-0.1, -0.05) is 112 Å². The van der Waals surface area contributed by atoms with E-state index in [0.29, 0.717) is 17.4 Å². The Bertz CT molecular complexity index is 1050. The molecule has 0 heterocycles. The first-order valence-corrected chi connectivity index (χ1v) is 18.6. The number of carboxylic acids is 1. The second kappa shape index (κ2) is 32.9. The van der Waals surface area contributed by atoms with Gasteiger partial charge in [-0.25, -0.2) is 4.79 Å². The molecular formula is C41H68NO8+. The van der Waals surface area contributed by atoms with E-state index in [1.807, 2.05) is 33.3 Å². The summed E-state index contributed by atoms with van der Waals surface area (Å²) >= 11 is 0. The average Bonchev–Trinajstić information content (AvgIpc) is 3.06. The molecule has 0 aromatic carbocycles. The van der Waals surface area contributed by atoms with Crippen LogP contribution in [0.4, 0.5) is 0 Å². The van der Waals surface area contributed by atoms with Gasteiger partial charge in [0.25, 0.3) is 6.29 Å². The highest BCUT2D eigenvalue weighted by atomic mass is 16.7. The van der Waals surface area contributed by atoms with E-state index in [2.05, 4.69) is 68.5 Å². The molecule has 50 heavy (non-hydrogen) atoms. The lowest BCUT2D eigenvalue weighted by Crippen LogP contribution is -2.40. The van der Waals surface area contributed by atoms with E-state index in [1.165, 1.54) is 6.42 Å². The third-order valence-corrected chi connectivity index (χ3v) is 7.21. The van der Waals surface area contributed by atoms with Gasteiger partial charge in [0.2, 0.25) is 0 Å². The van der Waals surface area contributed by atoms with Crippen LogP contribution < -0.4 is 0 Å². The molecule has 0 aliphatic carbocycles. The third kappa shape index (κ3) is 33.2. The fourth-order valence-corrected chi connectivity index (χ4v) is 4.32. The summed E-state index contributed by atoms with van der Waals surface area (Å²) in [6.45, 7) is 4.52. The van der Waals surface area contributed by atoms with E-state index in [1.54, 1.807) is 6.08 Å². The molecule has 0 spiro atoms. The molecule has 0 aromatic heterocycles. The molecule has 0 saturated carbocycles. The van der Waals surface area contributed by atoms with Crippen LogP contribution in [0.5, 0.6) is 0 Å². The molecule has 0 saturated heterocycles. The van der Waals surface area contributed by atoms with Crippen LogP contribution in [0.1, 0.15) is 110 Å². The van der Waals surface area contributed by atoms with Crippen molar-refractivity contribution in [3.8, 4) is 0 Å². The van der Waals surface area contributed by atoms with Gasteiger partial charge in [-0.05, 0) is 57.8 Å². The van der Waals surface area contributed by atoms with E-state index >= 15 is 0 Å². The number of carbonyl (C=O) groups is 3. The Hall–Kier alpha value is -3.27. The van der Waals surface area contributed by atoms with E-state index < -0.39 is 24.3 Å². The molecule has 2 unspecified atom stereocenters. The van der Waals surface area contributed by atoms with E-state index in [4.69, 9.17) is 18.9 Å². The van der Waals surface area contributed by atoms with Gasteiger partial charge in [-0.2, -0.15) is 0 Å². The molecule has 0 fully saturated rings. The monoisotopic (exact) mass is 702 g/mol. The highest BCUT2D eigenvalue weighted by Crippen LogP contribution is 2.10. The first kappa shape index (κ1) is 46.7. The first-order chi connectivity index (χ1) is 24.1. The fraction of sp³-hybridized carbons (Fsp3) is 0.634. The number of carbonyl (C=O) groups excluding carboxylic acids is 2. The lowest BCUT2D eigenvalue weighted by Gasteiger charge is -2.25. The van der Waals surface area contributed by atoms with Crippen LogP contribution in [-0.2, 0) is 33.3 Å². The van der Waals surface area contributed by atoms with Gasteiger partial charge in [0.15, 0.2) is 6.10 Å². The number of aliphatic carboxylic acids is 1. The van der Waals surface area contributed by atoms with Crippen molar-refractivity contribution >= 4 is 17.9 Å². The standard InChI is InChI=1S/C41H67NO8/c1-6-8-10-12-14-16-18-19-20-21-22-24-26-28-30-32-39(44)50-37(36-49-41(40(45)46)47-34-33-42(3,4)5)35-48-38(43)31-29-27-25-23-17-15-13-11-9-7-2/h8,10-11,13-14,16,19-20,22,24,28,30,37,41H,6-7,9,12,15,17-18,21,23,25-27,29,31-36H2,1-5H3/p+1/b10-8-,13-11-,16-14-,20-19-,24-22-,30-28-. The summed E-state index contributed by atoms with van der Waals surface area (Å²) in [6, 6.07) is 0. The van der Waals surface area contributed by atoms with Crippen molar-refractivity contribution in [3.05, 3.63) is 72.9 Å². The Morgan fingerprint density at radius 3 is 1.78 bits per heavy atom. The third-order valence-electron chi connectivity index (χ3n) is 7.21. The molecule has 0 aromatic rings. The largest absolute Gasteiger partial charge is 0.477 e. The van der Waals surface area contributed by atoms with Gasteiger partial charge in [0, 0.05) is 6.42 Å². The Labute approximate surface area is 303 Å². The topological polar surface area (TPSA) is 108 Å². The summed E-state index contributed by atoms with van der Waals surface area (Å²) < 4.78 is 22.4. The van der Waals surface area contributed by atoms with Crippen LogP contribution in [0.2, 0.25) is 0 Å². The van der Waals surface area contributed by atoms with Crippen LogP contribution in [0.3, 0.4) is 0 Å². The molecule has 284 valence electrons. The molecule has 0 amide bonds. The molecular weight excluding hydrogens is 634 g/mol. The van der Waals surface area contributed by atoms with Gasteiger partial charge in [-0.15, -0.1) is 0 Å². The minimum atomic E-state index is -1.54. The molecule has 0 aliphatic heterocycles. The van der Waals surface area contributed by atoms with Gasteiger partial charge in [0.1, 0.15) is 13.2 Å². The summed E-state index contributed by atoms with van der Waals surface area (Å²) in [7, 11) is 5.90. The Kier molecular flexibility index (Phi) is 30.8. The Morgan fingerprint density at radius 1 is 0.640 bits per heavy atom. The Morgan fingerprint density at radius 2 is 1.20 bits per heavy atom. The molecule has 0 rings (SSSR count). The van der Waals surface area contributed by atoms with E-state index in [-0.39, 0.29) is 38.6 Å². The predicted molar refractivity (Wildman–Crippen MR) is 203 cm³/mol. The summed E-state index contributed by atoms with van der Waals surface area (Å²) in [6.07, 6.45) is 35.7. The summed E-state index contributed by atoms with van der Waals surface area (Å²) in [5.41, 5.74) is 0. The summed E-state index contributed by atoms with van der Waals surface area (Å²) in [5, 5.41) is 9.57. The van der Waals surface area contributed by atoms with Crippen LogP contribution in [0, 0.1) is 0 Å². The van der Waals surface area contributed by atoms with Crippen molar-refractivity contribution in [2.75, 3.05) is 47.5 Å². The van der Waals surface area contributed by atoms with Crippen LogP contribution in [0.15, 0.2) is 72.9 Å². The smallest absolute Gasteiger partial charge is 0.361 e.